The number of nitrogens with one attached hydrogen (secondary N) is 1. The fraction of sp³-hybridized carbons (Fsp3) is 0.632. The zero-order valence-corrected chi connectivity index (χ0v) is 14.9. The molecule has 0 spiro atoms. The van der Waals surface area contributed by atoms with Crippen LogP contribution in [0.1, 0.15) is 50.0 Å². The number of rotatable bonds is 3. The summed E-state index contributed by atoms with van der Waals surface area (Å²) in [6, 6.07) is 4.12. The van der Waals surface area contributed by atoms with E-state index in [0.717, 1.165) is 31.7 Å². The lowest BCUT2D eigenvalue weighted by Crippen LogP contribution is -2.54. The molecule has 0 aliphatic heterocycles. The molecule has 0 saturated heterocycles. The van der Waals surface area contributed by atoms with Gasteiger partial charge in [0.15, 0.2) is 0 Å². The van der Waals surface area contributed by atoms with E-state index < -0.39 is 11.6 Å². The molecule has 6 heteroatoms. The van der Waals surface area contributed by atoms with E-state index in [9.17, 15) is 13.6 Å². The number of carbonyl (C=O) groups is 1. The average Bonchev–Trinajstić information content (AvgIpc) is 3.28. The third kappa shape index (κ3) is 3.68. The van der Waals surface area contributed by atoms with E-state index in [1.54, 1.807) is 0 Å². The Morgan fingerprint density at radius 1 is 1.12 bits per heavy atom. The van der Waals surface area contributed by atoms with Crippen LogP contribution in [0.15, 0.2) is 18.2 Å². The van der Waals surface area contributed by atoms with E-state index in [1.165, 1.54) is 18.6 Å². The zero-order valence-electron chi connectivity index (χ0n) is 14.1. The van der Waals surface area contributed by atoms with Crippen molar-refractivity contribution >= 4 is 18.3 Å². The van der Waals surface area contributed by atoms with Gasteiger partial charge in [0.1, 0.15) is 11.6 Å². The standard InChI is InChI=1S/C19H24F2N2O.ClH/c20-12-4-5-14(17(21)8-12)15-9-16(15)19(24)23-18-10-2-1-3-11(18)7-13(22)6-10;/h4-5,8,10-11,13,15-16,18H,1-3,6-7,9,22H2,(H,23,24);1H. The first-order valence-electron chi connectivity index (χ1n) is 9.04. The third-order valence-electron chi connectivity index (χ3n) is 6.17. The highest BCUT2D eigenvalue weighted by Crippen LogP contribution is 2.49. The van der Waals surface area contributed by atoms with Crippen LogP contribution in [0.3, 0.4) is 0 Å². The summed E-state index contributed by atoms with van der Waals surface area (Å²) in [6.45, 7) is 0. The summed E-state index contributed by atoms with van der Waals surface area (Å²) >= 11 is 0. The van der Waals surface area contributed by atoms with Gasteiger partial charge < -0.3 is 11.1 Å². The molecular formula is C19H25ClF2N2O. The molecular weight excluding hydrogens is 346 g/mol. The number of carbonyl (C=O) groups excluding carboxylic acids is 1. The van der Waals surface area contributed by atoms with E-state index in [-0.39, 0.29) is 42.2 Å². The molecule has 4 rings (SSSR count). The number of hydrogen-bond acceptors (Lipinski definition) is 2. The number of halogens is 3. The SMILES string of the molecule is Cl.NC1CC2CCCC(C1)C2NC(=O)C1CC1c1ccc(F)cc1F. The predicted molar refractivity (Wildman–Crippen MR) is 94.4 cm³/mol. The quantitative estimate of drug-likeness (QED) is 0.855. The molecule has 3 nitrogen and oxygen atoms in total. The molecule has 3 aliphatic carbocycles. The maximum absolute atomic E-state index is 13.9. The maximum atomic E-state index is 13.9. The predicted octanol–water partition coefficient (Wildman–Crippen LogP) is 3.51. The maximum Gasteiger partial charge on any atom is 0.223 e. The lowest BCUT2D eigenvalue weighted by atomic mass is 9.67. The lowest BCUT2D eigenvalue weighted by Gasteiger charge is -2.45. The molecule has 3 fully saturated rings. The minimum Gasteiger partial charge on any atom is -0.353 e. The number of hydrogen-bond donors (Lipinski definition) is 2. The Morgan fingerprint density at radius 3 is 2.44 bits per heavy atom. The van der Waals surface area contributed by atoms with Gasteiger partial charge in [-0.2, -0.15) is 0 Å². The van der Waals surface area contributed by atoms with Gasteiger partial charge in [0, 0.05) is 24.1 Å². The van der Waals surface area contributed by atoms with Crippen molar-refractivity contribution in [1.29, 1.82) is 0 Å². The summed E-state index contributed by atoms with van der Waals surface area (Å²) in [7, 11) is 0. The van der Waals surface area contributed by atoms with Crippen molar-refractivity contribution in [3.05, 3.63) is 35.4 Å². The second kappa shape index (κ2) is 7.20. The van der Waals surface area contributed by atoms with E-state index >= 15 is 0 Å². The molecule has 3 N–H and O–H groups in total. The molecule has 3 saturated carbocycles. The Morgan fingerprint density at radius 2 is 1.80 bits per heavy atom. The van der Waals surface area contributed by atoms with Gasteiger partial charge >= 0.3 is 0 Å². The molecule has 1 amide bonds. The van der Waals surface area contributed by atoms with Gasteiger partial charge in [0.2, 0.25) is 5.91 Å². The topological polar surface area (TPSA) is 55.1 Å². The average molecular weight is 371 g/mol. The highest BCUT2D eigenvalue weighted by Gasteiger charge is 2.47. The van der Waals surface area contributed by atoms with Crippen molar-refractivity contribution in [3.8, 4) is 0 Å². The Hall–Kier alpha value is -1.20. The number of amides is 1. The molecule has 2 bridgehead atoms. The molecule has 1 aromatic carbocycles. The molecule has 0 heterocycles. The summed E-state index contributed by atoms with van der Waals surface area (Å²) in [5.41, 5.74) is 6.59. The number of fused-ring (bicyclic) bond motifs is 2. The third-order valence-corrected chi connectivity index (χ3v) is 6.17. The molecule has 138 valence electrons. The fourth-order valence-corrected chi connectivity index (χ4v) is 4.93. The summed E-state index contributed by atoms with van der Waals surface area (Å²) in [4.78, 5) is 12.6. The van der Waals surface area contributed by atoms with Gasteiger partial charge in [-0.05, 0) is 61.5 Å². The summed E-state index contributed by atoms with van der Waals surface area (Å²) in [6.07, 6.45) is 6.12. The van der Waals surface area contributed by atoms with E-state index in [4.69, 9.17) is 5.73 Å². The van der Waals surface area contributed by atoms with Gasteiger partial charge in [0.25, 0.3) is 0 Å². The highest BCUT2D eigenvalue weighted by atomic mass is 35.5. The smallest absolute Gasteiger partial charge is 0.223 e. The molecule has 0 radical (unpaired) electrons. The molecule has 3 aliphatic rings. The second-order valence-corrected chi connectivity index (χ2v) is 7.83. The van der Waals surface area contributed by atoms with Crippen LogP contribution in [0.25, 0.3) is 0 Å². The van der Waals surface area contributed by atoms with Crippen LogP contribution < -0.4 is 11.1 Å². The van der Waals surface area contributed by atoms with Crippen molar-refractivity contribution in [2.75, 3.05) is 0 Å². The first-order valence-corrected chi connectivity index (χ1v) is 9.04. The summed E-state index contributed by atoms with van der Waals surface area (Å²) in [5, 5.41) is 3.24. The largest absolute Gasteiger partial charge is 0.353 e. The molecule has 4 atom stereocenters. The van der Waals surface area contributed by atoms with Crippen molar-refractivity contribution in [3.63, 3.8) is 0 Å². The van der Waals surface area contributed by atoms with E-state index in [1.807, 2.05) is 0 Å². The van der Waals surface area contributed by atoms with Crippen LogP contribution >= 0.6 is 12.4 Å². The van der Waals surface area contributed by atoms with Gasteiger partial charge in [-0.25, -0.2) is 8.78 Å². The number of benzene rings is 1. The van der Waals surface area contributed by atoms with Crippen LogP contribution in [-0.2, 0) is 4.79 Å². The Kier molecular flexibility index (Phi) is 5.35. The van der Waals surface area contributed by atoms with Crippen LogP contribution in [0.5, 0.6) is 0 Å². The van der Waals surface area contributed by atoms with Gasteiger partial charge in [-0.15, -0.1) is 12.4 Å². The normalized spacial score (nSPS) is 36.3. The highest BCUT2D eigenvalue weighted by molar-refractivity contribution is 5.85. The number of nitrogens with two attached hydrogens (primary N) is 1. The van der Waals surface area contributed by atoms with Gasteiger partial charge in [-0.1, -0.05) is 12.5 Å². The van der Waals surface area contributed by atoms with Crippen LogP contribution in [0.4, 0.5) is 8.78 Å². The minimum absolute atomic E-state index is 0. The van der Waals surface area contributed by atoms with Crippen molar-refractivity contribution in [2.24, 2.45) is 23.5 Å². The zero-order chi connectivity index (χ0) is 16.8. The van der Waals surface area contributed by atoms with Crippen LogP contribution in [0.2, 0.25) is 0 Å². The fourth-order valence-electron chi connectivity index (χ4n) is 4.93. The minimum atomic E-state index is -0.579. The van der Waals surface area contributed by atoms with E-state index in [0.29, 0.717) is 23.8 Å². The molecule has 25 heavy (non-hydrogen) atoms. The first kappa shape index (κ1) is 18.6. The van der Waals surface area contributed by atoms with Crippen LogP contribution in [-0.4, -0.2) is 18.0 Å². The lowest BCUT2D eigenvalue weighted by molar-refractivity contribution is -0.124. The van der Waals surface area contributed by atoms with Crippen molar-refractivity contribution < 1.29 is 13.6 Å². The second-order valence-electron chi connectivity index (χ2n) is 7.83. The summed E-state index contributed by atoms with van der Waals surface area (Å²) in [5.74, 6) is -0.425. The molecule has 1 aromatic rings. The Labute approximate surface area is 153 Å². The van der Waals surface area contributed by atoms with Crippen molar-refractivity contribution in [2.45, 2.75) is 56.5 Å². The Bertz CT molecular complexity index is 642. The first-order chi connectivity index (χ1) is 11.5. The van der Waals surface area contributed by atoms with Crippen molar-refractivity contribution in [1.82, 2.24) is 5.32 Å². The van der Waals surface area contributed by atoms with Gasteiger partial charge in [-0.3, -0.25) is 4.79 Å². The van der Waals surface area contributed by atoms with Crippen LogP contribution in [0, 0.1) is 29.4 Å². The molecule has 0 aromatic heterocycles. The van der Waals surface area contributed by atoms with Gasteiger partial charge in [0.05, 0.1) is 0 Å². The summed E-state index contributed by atoms with van der Waals surface area (Å²) < 4.78 is 26.9. The monoisotopic (exact) mass is 370 g/mol. The van der Waals surface area contributed by atoms with E-state index in [2.05, 4.69) is 5.32 Å². The molecule has 4 unspecified atom stereocenters. The Balaban J connectivity index is 0.00000182.